The Morgan fingerprint density at radius 1 is 1.11 bits per heavy atom. The second-order valence-electron chi connectivity index (χ2n) is 6.92. The van der Waals surface area contributed by atoms with Gasteiger partial charge in [-0.3, -0.25) is 4.68 Å². The van der Waals surface area contributed by atoms with Gasteiger partial charge in [0.15, 0.2) is 5.69 Å². The number of benzene rings is 1. The van der Waals surface area contributed by atoms with Gasteiger partial charge in [0, 0.05) is 20.1 Å². The maximum Gasteiger partial charge on any atom is 0.436 e. The third kappa shape index (κ3) is 4.02. The van der Waals surface area contributed by atoms with Crippen LogP contribution in [0.5, 0.6) is 5.75 Å². The fraction of sp³-hybridized carbons (Fsp3) is 0.500. The van der Waals surface area contributed by atoms with Gasteiger partial charge < -0.3 is 4.74 Å². The number of rotatable bonds is 4. The number of piperidine rings is 1. The summed E-state index contributed by atoms with van der Waals surface area (Å²) in [6.07, 6.45) is -4.24. The van der Waals surface area contributed by atoms with Crippen molar-refractivity contribution in [1.82, 2.24) is 14.1 Å². The molecular formula is C18H22F3N3O3S. The summed E-state index contributed by atoms with van der Waals surface area (Å²) >= 11 is 0. The fourth-order valence-corrected chi connectivity index (χ4v) is 5.07. The zero-order valence-electron chi connectivity index (χ0n) is 15.8. The molecule has 3 rings (SSSR count). The van der Waals surface area contributed by atoms with Crippen LogP contribution in [0.1, 0.15) is 29.8 Å². The van der Waals surface area contributed by atoms with Crippen LogP contribution >= 0.6 is 0 Å². The van der Waals surface area contributed by atoms with Gasteiger partial charge in [-0.1, -0.05) is 17.7 Å². The van der Waals surface area contributed by atoms with Crippen LogP contribution in [0.15, 0.2) is 29.2 Å². The Balaban J connectivity index is 1.76. The first-order valence-electron chi connectivity index (χ1n) is 8.84. The molecule has 1 fully saturated rings. The van der Waals surface area contributed by atoms with Crippen molar-refractivity contribution in [1.29, 1.82) is 0 Å². The van der Waals surface area contributed by atoms with E-state index in [0.29, 0.717) is 18.6 Å². The van der Waals surface area contributed by atoms with Crippen molar-refractivity contribution in [2.45, 2.75) is 43.9 Å². The molecule has 1 aliphatic rings. The molecule has 1 aliphatic heterocycles. The number of aromatic nitrogens is 2. The molecule has 0 aliphatic carbocycles. The molecule has 2 heterocycles. The van der Waals surface area contributed by atoms with Crippen LogP contribution in [0.25, 0.3) is 0 Å². The molecule has 1 aromatic carbocycles. The molecule has 154 valence electrons. The lowest BCUT2D eigenvalue weighted by Crippen LogP contribution is -2.42. The van der Waals surface area contributed by atoms with E-state index in [1.54, 1.807) is 0 Å². The average Bonchev–Trinajstić information content (AvgIpc) is 2.93. The van der Waals surface area contributed by atoms with Gasteiger partial charge in [-0.2, -0.15) is 22.6 Å². The normalized spacial score (nSPS) is 17.1. The zero-order valence-corrected chi connectivity index (χ0v) is 16.6. The van der Waals surface area contributed by atoms with Crippen molar-refractivity contribution < 1.29 is 26.3 Å². The summed E-state index contributed by atoms with van der Waals surface area (Å²) in [5.74, 6) is 0.689. The summed E-state index contributed by atoms with van der Waals surface area (Å²) in [7, 11) is -3.02. The number of nitrogens with zero attached hydrogens (tertiary/aromatic N) is 3. The van der Waals surface area contributed by atoms with E-state index in [1.165, 1.54) is 14.0 Å². The molecule has 1 aromatic heterocycles. The van der Waals surface area contributed by atoms with Crippen LogP contribution in [0.2, 0.25) is 0 Å². The van der Waals surface area contributed by atoms with Crippen LogP contribution in [-0.4, -0.2) is 41.7 Å². The first kappa shape index (κ1) is 20.7. The molecule has 1 saturated heterocycles. The van der Waals surface area contributed by atoms with Gasteiger partial charge >= 0.3 is 6.18 Å². The molecule has 0 amide bonds. The van der Waals surface area contributed by atoms with Crippen LogP contribution in [0, 0.1) is 13.8 Å². The van der Waals surface area contributed by atoms with E-state index in [9.17, 15) is 21.6 Å². The summed E-state index contributed by atoms with van der Waals surface area (Å²) in [4.78, 5) is -0.764. The number of hydrogen-bond donors (Lipinski definition) is 0. The summed E-state index contributed by atoms with van der Waals surface area (Å²) in [5.41, 5.74) is -0.309. The highest BCUT2D eigenvalue weighted by molar-refractivity contribution is 7.89. The number of halogens is 3. The lowest BCUT2D eigenvalue weighted by molar-refractivity contribution is -0.143. The van der Waals surface area contributed by atoms with E-state index in [0.717, 1.165) is 14.6 Å². The third-order valence-electron chi connectivity index (χ3n) is 4.87. The lowest BCUT2D eigenvalue weighted by atomic mass is 10.1. The number of ether oxygens (including phenoxy) is 1. The van der Waals surface area contributed by atoms with Gasteiger partial charge in [0.1, 0.15) is 16.7 Å². The number of hydrogen-bond acceptors (Lipinski definition) is 4. The largest absolute Gasteiger partial charge is 0.490 e. The molecule has 0 N–H and O–H groups in total. The van der Waals surface area contributed by atoms with E-state index >= 15 is 0 Å². The van der Waals surface area contributed by atoms with Crippen LogP contribution in [0.3, 0.4) is 0 Å². The van der Waals surface area contributed by atoms with Crippen molar-refractivity contribution in [3.05, 3.63) is 41.2 Å². The minimum atomic E-state index is -4.85. The van der Waals surface area contributed by atoms with Crippen molar-refractivity contribution in [3.63, 3.8) is 0 Å². The minimum absolute atomic E-state index is 0.0367. The second-order valence-corrected chi connectivity index (χ2v) is 8.79. The van der Waals surface area contributed by atoms with Gasteiger partial charge in [-0.25, -0.2) is 8.42 Å². The van der Waals surface area contributed by atoms with Gasteiger partial charge in [-0.15, -0.1) is 0 Å². The maximum atomic E-state index is 13.3. The molecule has 10 heteroatoms. The van der Waals surface area contributed by atoms with Crippen LogP contribution in [0.4, 0.5) is 13.2 Å². The third-order valence-corrected chi connectivity index (χ3v) is 6.92. The van der Waals surface area contributed by atoms with Gasteiger partial charge in [0.2, 0.25) is 10.0 Å². The Kier molecular flexibility index (Phi) is 5.46. The van der Waals surface area contributed by atoms with E-state index in [4.69, 9.17) is 4.74 Å². The molecule has 0 bridgehead atoms. The summed E-state index contributed by atoms with van der Waals surface area (Å²) in [5, 5.41) is 3.38. The average molecular weight is 417 g/mol. The van der Waals surface area contributed by atoms with Crippen molar-refractivity contribution in [2.75, 3.05) is 13.1 Å². The second kappa shape index (κ2) is 7.40. The Labute approximate surface area is 162 Å². The standard InChI is InChI=1S/C18H22F3N3O3S/c1-12-4-6-14(7-5-12)27-15-8-10-24(11-9-15)28(25,26)16-13(2)23(3)22-17(16)18(19,20)21/h4-7,15H,8-11H2,1-3H3. The molecule has 2 aromatic rings. The van der Waals surface area contributed by atoms with Crippen molar-refractivity contribution >= 4 is 10.0 Å². The molecule has 28 heavy (non-hydrogen) atoms. The van der Waals surface area contributed by atoms with E-state index in [-0.39, 0.29) is 24.9 Å². The van der Waals surface area contributed by atoms with Crippen LogP contribution in [-0.2, 0) is 23.2 Å². The predicted octanol–water partition coefficient (Wildman–Crippen LogP) is 3.29. The smallest absolute Gasteiger partial charge is 0.436 e. The monoisotopic (exact) mass is 417 g/mol. The molecule has 0 radical (unpaired) electrons. The zero-order chi connectivity index (χ0) is 20.7. The van der Waals surface area contributed by atoms with E-state index < -0.39 is 26.8 Å². The maximum absolute atomic E-state index is 13.3. The van der Waals surface area contributed by atoms with Crippen molar-refractivity contribution in [3.8, 4) is 5.75 Å². The summed E-state index contributed by atoms with van der Waals surface area (Å²) in [6.45, 7) is 3.46. The predicted molar refractivity (Wildman–Crippen MR) is 96.5 cm³/mol. The molecule has 6 nitrogen and oxygen atoms in total. The molecular weight excluding hydrogens is 395 g/mol. The first-order chi connectivity index (χ1) is 13.0. The highest BCUT2D eigenvalue weighted by atomic mass is 32.2. The van der Waals surface area contributed by atoms with E-state index in [2.05, 4.69) is 5.10 Å². The van der Waals surface area contributed by atoms with Gasteiger partial charge in [0.25, 0.3) is 0 Å². The lowest BCUT2D eigenvalue weighted by Gasteiger charge is -2.31. The molecule has 0 unspecified atom stereocenters. The topological polar surface area (TPSA) is 64.4 Å². The first-order valence-corrected chi connectivity index (χ1v) is 10.3. The van der Waals surface area contributed by atoms with Crippen molar-refractivity contribution in [2.24, 2.45) is 7.05 Å². The molecule has 0 saturated carbocycles. The Morgan fingerprint density at radius 2 is 1.68 bits per heavy atom. The SMILES string of the molecule is Cc1ccc(OC2CCN(S(=O)(=O)c3c(C(F)(F)F)nn(C)c3C)CC2)cc1. The quantitative estimate of drug-likeness (QED) is 0.766. The number of aryl methyl sites for hydroxylation is 2. The molecule has 0 spiro atoms. The summed E-state index contributed by atoms with van der Waals surface area (Å²) < 4.78 is 73.6. The summed E-state index contributed by atoms with van der Waals surface area (Å²) in [6, 6.07) is 7.51. The highest BCUT2D eigenvalue weighted by Gasteiger charge is 2.44. The van der Waals surface area contributed by atoms with Gasteiger partial charge in [0.05, 0.1) is 5.69 Å². The number of alkyl halides is 3. The fourth-order valence-electron chi connectivity index (χ4n) is 3.21. The minimum Gasteiger partial charge on any atom is -0.490 e. The molecule has 0 atom stereocenters. The van der Waals surface area contributed by atoms with E-state index in [1.807, 2.05) is 31.2 Å². The van der Waals surface area contributed by atoms with Crippen LogP contribution < -0.4 is 4.74 Å². The Hall–Kier alpha value is -2.07. The van der Waals surface area contributed by atoms with Gasteiger partial charge in [-0.05, 0) is 38.8 Å². The Bertz CT molecular complexity index is 945. The Morgan fingerprint density at radius 3 is 2.21 bits per heavy atom. The highest BCUT2D eigenvalue weighted by Crippen LogP contribution is 2.36. The number of sulfonamides is 1.